The number of hydrogen-bond donors (Lipinski definition) is 1. The first kappa shape index (κ1) is 17.9. The second-order valence-electron chi connectivity index (χ2n) is 5.74. The normalized spacial score (nSPS) is 15.5. The Labute approximate surface area is 146 Å². The van der Waals surface area contributed by atoms with Crippen LogP contribution in [0.2, 0.25) is 0 Å². The van der Waals surface area contributed by atoms with Crippen LogP contribution in [0.4, 0.5) is 0 Å². The van der Waals surface area contributed by atoms with Crippen molar-refractivity contribution in [2.45, 2.75) is 19.8 Å². The number of benzene rings is 1. The largest absolute Gasteiger partial charge is 0.355 e. The molecule has 1 aromatic carbocycles. The van der Waals surface area contributed by atoms with Crippen molar-refractivity contribution in [1.82, 2.24) is 15.1 Å². The fourth-order valence-corrected chi connectivity index (χ4v) is 3.16. The molecule has 6 heteroatoms. The maximum absolute atomic E-state index is 12.3. The number of halogens is 1. The number of hydrogen-bond acceptors (Lipinski definition) is 3. The van der Waals surface area contributed by atoms with Crippen molar-refractivity contribution in [1.29, 1.82) is 0 Å². The van der Waals surface area contributed by atoms with Crippen LogP contribution in [0, 0.1) is 0 Å². The zero-order valence-corrected chi connectivity index (χ0v) is 15.1. The highest BCUT2D eigenvalue weighted by Crippen LogP contribution is 2.14. The van der Waals surface area contributed by atoms with Crippen LogP contribution in [0.1, 0.15) is 18.9 Å². The van der Waals surface area contributed by atoms with Crippen LogP contribution in [-0.4, -0.2) is 60.9 Å². The first-order valence-electron chi connectivity index (χ1n) is 8.09. The van der Waals surface area contributed by atoms with E-state index in [4.69, 9.17) is 0 Å². The molecule has 1 N–H and O–H groups in total. The molecular formula is C17H24BrN3O2. The Morgan fingerprint density at radius 1 is 1.22 bits per heavy atom. The van der Waals surface area contributed by atoms with Crippen LogP contribution < -0.4 is 5.32 Å². The summed E-state index contributed by atoms with van der Waals surface area (Å²) in [6.07, 6.45) is 1.30. The standard InChI is InChI=1S/C17H24BrN3O2/c1-2-19-16(22)13-20-8-10-21(11-9-20)17(23)7-6-14-4-3-5-15(18)12-14/h3-5,12H,2,6-11,13H2,1H3,(H,19,22). The Bertz CT molecular complexity index is 542. The van der Waals surface area contributed by atoms with E-state index < -0.39 is 0 Å². The quantitative estimate of drug-likeness (QED) is 0.815. The third kappa shape index (κ3) is 5.95. The number of rotatable bonds is 6. The third-order valence-electron chi connectivity index (χ3n) is 3.98. The monoisotopic (exact) mass is 381 g/mol. The SMILES string of the molecule is CCNC(=O)CN1CCN(C(=O)CCc2cccc(Br)c2)CC1. The molecular weight excluding hydrogens is 358 g/mol. The van der Waals surface area contributed by atoms with E-state index in [9.17, 15) is 9.59 Å². The number of nitrogens with zero attached hydrogens (tertiary/aromatic N) is 2. The molecule has 23 heavy (non-hydrogen) atoms. The van der Waals surface area contributed by atoms with Crippen molar-refractivity contribution in [2.75, 3.05) is 39.3 Å². The lowest BCUT2D eigenvalue weighted by molar-refractivity contribution is -0.133. The van der Waals surface area contributed by atoms with Crippen LogP contribution in [0.5, 0.6) is 0 Å². The number of aryl methyl sites for hydroxylation is 1. The number of piperazine rings is 1. The molecule has 2 rings (SSSR count). The molecule has 1 heterocycles. The van der Waals surface area contributed by atoms with Crippen LogP contribution >= 0.6 is 15.9 Å². The summed E-state index contributed by atoms with van der Waals surface area (Å²) >= 11 is 3.45. The lowest BCUT2D eigenvalue weighted by Gasteiger charge is -2.34. The average Bonchev–Trinajstić information content (AvgIpc) is 2.53. The van der Waals surface area contributed by atoms with Crippen LogP contribution in [0.25, 0.3) is 0 Å². The molecule has 126 valence electrons. The van der Waals surface area contributed by atoms with Gasteiger partial charge < -0.3 is 10.2 Å². The molecule has 0 atom stereocenters. The summed E-state index contributed by atoms with van der Waals surface area (Å²) in [6.45, 7) is 5.94. The predicted octanol–water partition coefficient (Wildman–Crippen LogP) is 1.66. The summed E-state index contributed by atoms with van der Waals surface area (Å²) in [5, 5.41) is 2.80. The van der Waals surface area contributed by atoms with Gasteiger partial charge in [0.15, 0.2) is 0 Å². The molecule has 1 aliphatic rings. The van der Waals surface area contributed by atoms with Gasteiger partial charge in [-0.25, -0.2) is 0 Å². The summed E-state index contributed by atoms with van der Waals surface area (Å²) in [5.41, 5.74) is 1.17. The van der Waals surface area contributed by atoms with Gasteiger partial charge in [-0.1, -0.05) is 28.1 Å². The van der Waals surface area contributed by atoms with Gasteiger partial charge in [0, 0.05) is 43.6 Å². The molecule has 0 spiro atoms. The lowest BCUT2D eigenvalue weighted by atomic mass is 10.1. The molecule has 1 aliphatic heterocycles. The number of carbonyl (C=O) groups excluding carboxylic acids is 2. The number of likely N-dealkylation sites (N-methyl/N-ethyl adjacent to an activating group) is 1. The summed E-state index contributed by atoms with van der Waals surface area (Å²) in [5.74, 6) is 0.254. The summed E-state index contributed by atoms with van der Waals surface area (Å²) in [7, 11) is 0. The predicted molar refractivity (Wildman–Crippen MR) is 94.2 cm³/mol. The minimum Gasteiger partial charge on any atom is -0.355 e. The molecule has 1 aromatic rings. The molecule has 1 fully saturated rings. The minimum atomic E-state index is 0.0573. The fourth-order valence-electron chi connectivity index (χ4n) is 2.71. The summed E-state index contributed by atoms with van der Waals surface area (Å²) in [4.78, 5) is 27.9. The van der Waals surface area contributed by atoms with Crippen molar-refractivity contribution < 1.29 is 9.59 Å². The zero-order valence-electron chi connectivity index (χ0n) is 13.6. The first-order valence-corrected chi connectivity index (χ1v) is 8.89. The summed E-state index contributed by atoms with van der Waals surface area (Å²) in [6, 6.07) is 8.07. The number of carbonyl (C=O) groups is 2. The number of nitrogens with one attached hydrogen (secondary N) is 1. The van der Waals surface area contributed by atoms with Gasteiger partial charge in [0.05, 0.1) is 6.54 Å². The van der Waals surface area contributed by atoms with Gasteiger partial charge in [0.25, 0.3) is 0 Å². The lowest BCUT2D eigenvalue weighted by Crippen LogP contribution is -2.51. The molecule has 0 bridgehead atoms. The van der Waals surface area contributed by atoms with E-state index >= 15 is 0 Å². The van der Waals surface area contributed by atoms with Crippen molar-refractivity contribution in [3.05, 3.63) is 34.3 Å². The van der Waals surface area contributed by atoms with E-state index in [0.717, 1.165) is 24.0 Å². The third-order valence-corrected chi connectivity index (χ3v) is 4.48. The van der Waals surface area contributed by atoms with Crippen molar-refractivity contribution in [3.63, 3.8) is 0 Å². The average molecular weight is 382 g/mol. The van der Waals surface area contributed by atoms with Gasteiger partial charge in [-0.3, -0.25) is 14.5 Å². The Kier molecular flexibility index (Phi) is 7.05. The van der Waals surface area contributed by atoms with Gasteiger partial charge in [0.2, 0.25) is 11.8 Å². The molecule has 0 aliphatic carbocycles. The van der Waals surface area contributed by atoms with Crippen LogP contribution in [0.3, 0.4) is 0 Å². The Hall–Kier alpha value is -1.40. The van der Waals surface area contributed by atoms with E-state index in [1.165, 1.54) is 5.56 Å². The highest BCUT2D eigenvalue weighted by molar-refractivity contribution is 9.10. The van der Waals surface area contributed by atoms with E-state index in [2.05, 4.69) is 32.2 Å². The van der Waals surface area contributed by atoms with Gasteiger partial charge >= 0.3 is 0 Å². The van der Waals surface area contributed by atoms with E-state index in [-0.39, 0.29) is 11.8 Å². The van der Waals surface area contributed by atoms with E-state index in [1.807, 2.05) is 30.0 Å². The Balaban J connectivity index is 1.72. The van der Waals surface area contributed by atoms with Gasteiger partial charge in [-0.05, 0) is 31.0 Å². The Morgan fingerprint density at radius 2 is 1.96 bits per heavy atom. The van der Waals surface area contributed by atoms with Gasteiger partial charge in [-0.2, -0.15) is 0 Å². The fraction of sp³-hybridized carbons (Fsp3) is 0.529. The van der Waals surface area contributed by atoms with Crippen molar-refractivity contribution in [3.8, 4) is 0 Å². The zero-order chi connectivity index (χ0) is 16.7. The second kappa shape index (κ2) is 9.03. The smallest absolute Gasteiger partial charge is 0.234 e. The molecule has 2 amide bonds. The van der Waals surface area contributed by atoms with E-state index in [1.54, 1.807) is 0 Å². The first-order chi connectivity index (χ1) is 11.1. The van der Waals surface area contributed by atoms with Crippen molar-refractivity contribution in [2.24, 2.45) is 0 Å². The number of amides is 2. The second-order valence-corrected chi connectivity index (χ2v) is 6.66. The minimum absolute atomic E-state index is 0.0573. The highest BCUT2D eigenvalue weighted by atomic mass is 79.9. The molecule has 5 nitrogen and oxygen atoms in total. The maximum Gasteiger partial charge on any atom is 0.234 e. The molecule has 0 aromatic heterocycles. The molecule has 0 radical (unpaired) electrons. The van der Waals surface area contributed by atoms with Crippen molar-refractivity contribution >= 4 is 27.7 Å². The molecule has 1 saturated heterocycles. The van der Waals surface area contributed by atoms with Crippen LogP contribution in [0.15, 0.2) is 28.7 Å². The highest BCUT2D eigenvalue weighted by Gasteiger charge is 2.21. The van der Waals surface area contributed by atoms with Crippen LogP contribution in [-0.2, 0) is 16.0 Å². The van der Waals surface area contributed by atoms with Gasteiger partial charge in [-0.15, -0.1) is 0 Å². The van der Waals surface area contributed by atoms with E-state index in [0.29, 0.717) is 32.6 Å². The maximum atomic E-state index is 12.3. The summed E-state index contributed by atoms with van der Waals surface area (Å²) < 4.78 is 1.04. The topological polar surface area (TPSA) is 52.7 Å². The molecule has 0 saturated carbocycles. The Morgan fingerprint density at radius 3 is 2.61 bits per heavy atom. The molecule has 0 unspecified atom stereocenters. The van der Waals surface area contributed by atoms with Gasteiger partial charge in [0.1, 0.15) is 0 Å².